The van der Waals surface area contributed by atoms with Gasteiger partial charge in [-0.3, -0.25) is 9.59 Å². The highest BCUT2D eigenvalue weighted by Gasteiger charge is 2.46. The standard InChI is InChI=1S/C28H29N3O5/c1-4-36-24-15-9-21(10-16-24)29-26(32)17-25-27(33)31(22-11-5-19(2)6-12-22)28(34)30(25)18-20-7-13-23(35-3)14-8-20/h5-16,25H,4,17-18H2,1-3H3,(H,29,32)/t25-/m0/s1. The number of hydrogen-bond acceptors (Lipinski definition) is 5. The molecule has 0 spiro atoms. The minimum Gasteiger partial charge on any atom is -0.497 e. The molecule has 0 aromatic heterocycles. The van der Waals surface area contributed by atoms with E-state index in [1.165, 1.54) is 4.90 Å². The van der Waals surface area contributed by atoms with Crippen LogP contribution < -0.4 is 19.7 Å². The smallest absolute Gasteiger partial charge is 0.332 e. The van der Waals surface area contributed by atoms with Crippen molar-refractivity contribution in [1.29, 1.82) is 0 Å². The molecule has 1 aliphatic rings. The molecule has 1 heterocycles. The van der Waals surface area contributed by atoms with Crippen LogP contribution in [0.25, 0.3) is 0 Å². The van der Waals surface area contributed by atoms with Crippen molar-refractivity contribution in [2.24, 2.45) is 0 Å². The van der Waals surface area contributed by atoms with Gasteiger partial charge in [-0.15, -0.1) is 0 Å². The summed E-state index contributed by atoms with van der Waals surface area (Å²) in [6.07, 6.45) is -0.170. The number of carbonyl (C=O) groups is 3. The van der Waals surface area contributed by atoms with Crippen LogP contribution in [0.4, 0.5) is 16.2 Å². The average Bonchev–Trinajstić information content (AvgIpc) is 3.10. The van der Waals surface area contributed by atoms with E-state index in [1.807, 2.05) is 38.1 Å². The third-order valence-electron chi connectivity index (χ3n) is 5.95. The summed E-state index contributed by atoms with van der Waals surface area (Å²) in [5, 5.41) is 2.82. The van der Waals surface area contributed by atoms with Crippen LogP contribution in [0.3, 0.4) is 0 Å². The average molecular weight is 488 g/mol. The Morgan fingerprint density at radius 3 is 2.17 bits per heavy atom. The number of urea groups is 1. The van der Waals surface area contributed by atoms with Crippen LogP contribution in [-0.2, 0) is 16.1 Å². The summed E-state index contributed by atoms with van der Waals surface area (Å²) in [5.74, 6) is 0.594. The molecule has 1 atom stereocenters. The van der Waals surface area contributed by atoms with Gasteiger partial charge in [-0.25, -0.2) is 9.69 Å². The zero-order valence-electron chi connectivity index (χ0n) is 20.6. The van der Waals surface area contributed by atoms with Crippen LogP contribution in [0.1, 0.15) is 24.5 Å². The van der Waals surface area contributed by atoms with E-state index in [1.54, 1.807) is 55.6 Å². The van der Waals surface area contributed by atoms with Gasteiger partial charge in [-0.1, -0.05) is 29.8 Å². The molecule has 0 bridgehead atoms. The van der Waals surface area contributed by atoms with Crippen molar-refractivity contribution < 1.29 is 23.9 Å². The number of anilines is 2. The second-order valence-electron chi connectivity index (χ2n) is 8.49. The fourth-order valence-corrected chi connectivity index (χ4v) is 4.06. The van der Waals surface area contributed by atoms with Gasteiger partial charge in [0.1, 0.15) is 17.5 Å². The van der Waals surface area contributed by atoms with E-state index in [-0.39, 0.29) is 18.9 Å². The molecule has 3 aromatic rings. The minimum atomic E-state index is -0.941. The highest BCUT2D eigenvalue weighted by atomic mass is 16.5. The molecule has 36 heavy (non-hydrogen) atoms. The summed E-state index contributed by atoms with van der Waals surface area (Å²) in [5.41, 5.74) is 2.89. The predicted octanol–water partition coefficient (Wildman–Crippen LogP) is 4.77. The van der Waals surface area contributed by atoms with Crippen LogP contribution in [0.15, 0.2) is 72.8 Å². The second-order valence-corrected chi connectivity index (χ2v) is 8.49. The van der Waals surface area contributed by atoms with Crippen LogP contribution in [0.5, 0.6) is 11.5 Å². The van der Waals surface area contributed by atoms with Crippen LogP contribution in [0, 0.1) is 6.92 Å². The number of imide groups is 1. The van der Waals surface area contributed by atoms with Gasteiger partial charge >= 0.3 is 6.03 Å². The molecule has 0 unspecified atom stereocenters. The fraction of sp³-hybridized carbons (Fsp3) is 0.250. The molecule has 1 saturated heterocycles. The number of nitrogens with one attached hydrogen (secondary N) is 1. The van der Waals surface area contributed by atoms with Gasteiger partial charge in [-0.2, -0.15) is 0 Å². The Hall–Kier alpha value is -4.33. The van der Waals surface area contributed by atoms with Crippen LogP contribution in [0.2, 0.25) is 0 Å². The number of benzene rings is 3. The number of hydrogen-bond donors (Lipinski definition) is 1. The third kappa shape index (κ3) is 5.49. The van der Waals surface area contributed by atoms with E-state index in [4.69, 9.17) is 9.47 Å². The lowest BCUT2D eigenvalue weighted by Crippen LogP contribution is -2.37. The van der Waals surface area contributed by atoms with Gasteiger partial charge in [0.05, 0.1) is 25.8 Å². The lowest BCUT2D eigenvalue weighted by Gasteiger charge is -2.22. The first-order chi connectivity index (χ1) is 17.4. The summed E-state index contributed by atoms with van der Waals surface area (Å²) >= 11 is 0. The first-order valence-corrected chi connectivity index (χ1v) is 11.8. The molecule has 1 aliphatic heterocycles. The lowest BCUT2D eigenvalue weighted by molar-refractivity contribution is -0.124. The number of methoxy groups -OCH3 is 1. The van der Waals surface area contributed by atoms with Gasteiger partial charge in [0.15, 0.2) is 0 Å². The molecule has 4 amide bonds. The molecule has 8 nitrogen and oxygen atoms in total. The monoisotopic (exact) mass is 487 g/mol. The second kappa shape index (κ2) is 10.9. The van der Waals surface area contributed by atoms with Crippen molar-refractivity contribution >= 4 is 29.2 Å². The van der Waals surface area contributed by atoms with E-state index in [0.29, 0.717) is 29.5 Å². The predicted molar refractivity (Wildman–Crippen MR) is 137 cm³/mol. The summed E-state index contributed by atoms with van der Waals surface area (Å²) in [7, 11) is 1.58. The van der Waals surface area contributed by atoms with E-state index < -0.39 is 18.0 Å². The molecular formula is C28H29N3O5. The molecule has 0 saturated carbocycles. The van der Waals surface area contributed by atoms with Gasteiger partial charge in [-0.05, 0) is 67.9 Å². The highest BCUT2D eigenvalue weighted by Crippen LogP contribution is 2.29. The number of amides is 4. The Balaban J connectivity index is 1.56. The third-order valence-corrected chi connectivity index (χ3v) is 5.95. The topological polar surface area (TPSA) is 88.2 Å². The van der Waals surface area contributed by atoms with E-state index in [2.05, 4.69) is 5.32 Å². The fourth-order valence-electron chi connectivity index (χ4n) is 4.06. The van der Waals surface area contributed by atoms with Crippen LogP contribution >= 0.6 is 0 Å². The quantitative estimate of drug-likeness (QED) is 0.440. The summed E-state index contributed by atoms with van der Waals surface area (Å²) < 4.78 is 10.6. The maximum absolute atomic E-state index is 13.5. The summed E-state index contributed by atoms with van der Waals surface area (Å²) in [6, 6.07) is 20.0. The molecule has 0 radical (unpaired) electrons. The van der Waals surface area contributed by atoms with Crippen molar-refractivity contribution in [2.45, 2.75) is 32.9 Å². The normalized spacial score (nSPS) is 15.2. The molecule has 3 aromatic carbocycles. The molecular weight excluding hydrogens is 458 g/mol. The highest BCUT2D eigenvalue weighted by molar-refractivity contribution is 6.22. The number of nitrogens with zero attached hydrogens (tertiary/aromatic N) is 2. The Labute approximate surface area is 210 Å². The Morgan fingerprint density at radius 2 is 1.56 bits per heavy atom. The number of aryl methyl sites for hydroxylation is 1. The Kier molecular flexibility index (Phi) is 7.53. The number of ether oxygens (including phenoxy) is 2. The molecule has 0 aliphatic carbocycles. The van der Waals surface area contributed by atoms with Gasteiger partial charge in [0, 0.05) is 12.2 Å². The largest absolute Gasteiger partial charge is 0.497 e. The van der Waals surface area contributed by atoms with Gasteiger partial charge < -0.3 is 19.7 Å². The van der Waals surface area contributed by atoms with Crippen molar-refractivity contribution in [3.05, 3.63) is 83.9 Å². The molecule has 8 heteroatoms. The maximum Gasteiger partial charge on any atom is 0.332 e. The maximum atomic E-state index is 13.5. The van der Waals surface area contributed by atoms with Crippen LogP contribution in [-0.4, -0.2) is 42.5 Å². The van der Waals surface area contributed by atoms with Crippen molar-refractivity contribution in [3.63, 3.8) is 0 Å². The van der Waals surface area contributed by atoms with Gasteiger partial charge in [0.25, 0.3) is 5.91 Å². The molecule has 186 valence electrons. The Bertz CT molecular complexity index is 1220. The van der Waals surface area contributed by atoms with Crippen molar-refractivity contribution in [2.75, 3.05) is 23.9 Å². The Morgan fingerprint density at radius 1 is 0.917 bits per heavy atom. The first kappa shape index (κ1) is 24.8. The molecule has 1 fully saturated rings. The SMILES string of the molecule is CCOc1ccc(NC(=O)C[C@H]2C(=O)N(c3ccc(C)cc3)C(=O)N2Cc2ccc(OC)cc2)cc1. The van der Waals surface area contributed by atoms with Gasteiger partial charge in [0.2, 0.25) is 5.91 Å². The minimum absolute atomic E-state index is 0.170. The lowest BCUT2D eigenvalue weighted by atomic mass is 10.1. The molecule has 4 rings (SSSR count). The first-order valence-electron chi connectivity index (χ1n) is 11.8. The van der Waals surface area contributed by atoms with Crippen molar-refractivity contribution in [1.82, 2.24) is 4.90 Å². The van der Waals surface area contributed by atoms with E-state index >= 15 is 0 Å². The summed E-state index contributed by atoms with van der Waals surface area (Å²) in [4.78, 5) is 42.4. The van der Waals surface area contributed by atoms with Crippen molar-refractivity contribution in [3.8, 4) is 11.5 Å². The van der Waals surface area contributed by atoms with E-state index in [9.17, 15) is 14.4 Å². The van der Waals surface area contributed by atoms with E-state index in [0.717, 1.165) is 16.0 Å². The summed E-state index contributed by atoms with van der Waals surface area (Å²) in [6.45, 7) is 4.55. The zero-order valence-corrected chi connectivity index (χ0v) is 20.6. The number of rotatable bonds is 9. The number of carbonyl (C=O) groups excluding carboxylic acids is 3. The zero-order chi connectivity index (χ0) is 25.7. The molecule has 1 N–H and O–H groups in total.